The molecular formula is C24H21N5O. The molecule has 148 valence electrons. The highest BCUT2D eigenvalue weighted by Crippen LogP contribution is 2.38. The van der Waals surface area contributed by atoms with Crippen LogP contribution in [0.1, 0.15) is 34.8 Å². The van der Waals surface area contributed by atoms with Crippen molar-refractivity contribution in [3.05, 3.63) is 71.0 Å². The molecule has 2 N–H and O–H groups in total. The summed E-state index contributed by atoms with van der Waals surface area (Å²) in [5.74, 6) is 0.829. The third-order valence-corrected chi connectivity index (χ3v) is 5.66. The Kier molecular flexibility index (Phi) is 4.36. The molecule has 0 amide bonds. The number of fused-ring (bicyclic) bond motifs is 2. The number of nitrogens with one attached hydrogen (secondary N) is 2. The van der Waals surface area contributed by atoms with E-state index in [9.17, 15) is 5.26 Å². The first kappa shape index (κ1) is 18.2. The second-order valence-corrected chi connectivity index (χ2v) is 7.62. The van der Waals surface area contributed by atoms with Gasteiger partial charge in [-0.2, -0.15) is 10.4 Å². The minimum absolute atomic E-state index is 0.121. The van der Waals surface area contributed by atoms with Crippen molar-refractivity contribution in [3.8, 4) is 23.1 Å². The van der Waals surface area contributed by atoms with Gasteiger partial charge in [0.15, 0.2) is 0 Å². The van der Waals surface area contributed by atoms with E-state index >= 15 is 0 Å². The number of pyridine rings is 1. The van der Waals surface area contributed by atoms with Crippen molar-refractivity contribution < 1.29 is 4.74 Å². The number of H-pyrrole nitrogens is 1. The highest BCUT2D eigenvalue weighted by Gasteiger charge is 2.24. The zero-order chi connectivity index (χ0) is 20.7. The van der Waals surface area contributed by atoms with E-state index in [-0.39, 0.29) is 6.04 Å². The fraction of sp³-hybridized carbons (Fsp3) is 0.208. The number of nitriles is 1. The van der Waals surface area contributed by atoms with Gasteiger partial charge in [0.25, 0.3) is 0 Å². The molecule has 6 heteroatoms. The molecule has 0 aliphatic carbocycles. The quantitative estimate of drug-likeness (QED) is 0.507. The summed E-state index contributed by atoms with van der Waals surface area (Å²) < 4.78 is 5.90. The Bertz CT molecular complexity index is 1300. The van der Waals surface area contributed by atoms with Gasteiger partial charge in [-0.1, -0.05) is 6.07 Å². The lowest BCUT2D eigenvalue weighted by molar-refractivity contribution is 0.272. The molecule has 1 aliphatic rings. The maximum Gasteiger partial charge on any atom is 0.128 e. The number of anilines is 1. The molecule has 0 spiro atoms. The zero-order valence-corrected chi connectivity index (χ0v) is 16.9. The number of rotatable bonds is 3. The van der Waals surface area contributed by atoms with Crippen LogP contribution in [0.5, 0.6) is 5.75 Å². The maximum atomic E-state index is 9.30. The summed E-state index contributed by atoms with van der Waals surface area (Å²) in [4.78, 5) is 4.28. The maximum absolute atomic E-state index is 9.30. The number of hydrogen-bond donors (Lipinski definition) is 2. The van der Waals surface area contributed by atoms with E-state index in [4.69, 9.17) is 4.74 Å². The van der Waals surface area contributed by atoms with Crippen molar-refractivity contribution in [2.45, 2.75) is 26.3 Å². The molecular weight excluding hydrogens is 374 g/mol. The van der Waals surface area contributed by atoms with Gasteiger partial charge < -0.3 is 10.1 Å². The smallest absolute Gasteiger partial charge is 0.128 e. The highest BCUT2D eigenvalue weighted by molar-refractivity contribution is 5.95. The van der Waals surface area contributed by atoms with Crippen LogP contribution < -0.4 is 10.1 Å². The number of aryl methyl sites for hydroxylation is 1. The van der Waals surface area contributed by atoms with Crippen LogP contribution >= 0.6 is 0 Å². The Morgan fingerprint density at radius 3 is 2.90 bits per heavy atom. The number of hydrogen-bond acceptors (Lipinski definition) is 5. The standard InChI is InChI=1S/C24H21N5O/c1-14-11-16(7-9-26-14)23-20-12-18(4-6-22(20)28-29-23)27-21-8-10-30-24-15(2)17(13-25)3-5-19(21)24/h3-7,9,11-12,21,27H,8,10H2,1-2H3,(H,28,29)/t21-/m0/s1. The average Bonchev–Trinajstić information content (AvgIpc) is 3.18. The van der Waals surface area contributed by atoms with Crippen LogP contribution in [-0.2, 0) is 0 Å². The molecule has 2 aromatic heterocycles. The first-order valence-corrected chi connectivity index (χ1v) is 9.98. The molecule has 6 nitrogen and oxygen atoms in total. The van der Waals surface area contributed by atoms with Crippen LogP contribution in [0.25, 0.3) is 22.2 Å². The lowest BCUT2D eigenvalue weighted by Gasteiger charge is -2.29. The summed E-state index contributed by atoms with van der Waals surface area (Å²) in [6.45, 7) is 4.55. The molecule has 2 aromatic carbocycles. The molecule has 0 radical (unpaired) electrons. The first-order chi connectivity index (χ1) is 14.6. The van der Waals surface area contributed by atoms with E-state index in [1.54, 1.807) is 0 Å². The number of aromatic amines is 1. The second kappa shape index (κ2) is 7.20. The minimum Gasteiger partial charge on any atom is -0.493 e. The number of aromatic nitrogens is 3. The van der Waals surface area contributed by atoms with Gasteiger partial charge in [0.05, 0.1) is 29.8 Å². The lowest BCUT2D eigenvalue weighted by Crippen LogP contribution is -2.21. The number of nitrogens with zero attached hydrogens (tertiary/aromatic N) is 3. The largest absolute Gasteiger partial charge is 0.493 e. The average molecular weight is 395 g/mol. The molecule has 3 heterocycles. The van der Waals surface area contributed by atoms with Gasteiger partial charge in [0, 0.05) is 46.1 Å². The minimum atomic E-state index is 0.121. The molecule has 5 rings (SSSR count). The van der Waals surface area contributed by atoms with Crippen molar-refractivity contribution in [3.63, 3.8) is 0 Å². The van der Waals surface area contributed by atoms with Gasteiger partial charge in [-0.15, -0.1) is 0 Å². The highest BCUT2D eigenvalue weighted by atomic mass is 16.5. The van der Waals surface area contributed by atoms with Gasteiger partial charge in [0.2, 0.25) is 0 Å². The predicted octanol–water partition coefficient (Wildman–Crippen LogP) is 5.05. The molecule has 4 aromatic rings. The number of ether oxygens (including phenoxy) is 1. The van der Waals surface area contributed by atoms with E-state index in [2.05, 4.69) is 38.7 Å². The van der Waals surface area contributed by atoms with Crippen molar-refractivity contribution >= 4 is 16.6 Å². The Morgan fingerprint density at radius 1 is 1.17 bits per heavy atom. The Labute approximate surface area is 174 Å². The molecule has 1 aliphatic heterocycles. The third kappa shape index (κ3) is 3.05. The van der Waals surface area contributed by atoms with Crippen molar-refractivity contribution in [1.82, 2.24) is 15.2 Å². The topological polar surface area (TPSA) is 86.6 Å². The van der Waals surface area contributed by atoms with Gasteiger partial charge >= 0.3 is 0 Å². The first-order valence-electron chi connectivity index (χ1n) is 9.98. The molecule has 0 fully saturated rings. The van der Waals surface area contributed by atoms with Crippen LogP contribution in [0.4, 0.5) is 5.69 Å². The van der Waals surface area contributed by atoms with Crippen molar-refractivity contribution in [2.24, 2.45) is 0 Å². The summed E-state index contributed by atoms with van der Waals surface area (Å²) in [5, 5.41) is 21.7. The third-order valence-electron chi connectivity index (χ3n) is 5.66. The fourth-order valence-electron chi connectivity index (χ4n) is 4.10. The fourth-order valence-corrected chi connectivity index (χ4v) is 4.10. The number of benzene rings is 2. The Hall–Kier alpha value is -3.85. The molecule has 0 saturated carbocycles. The van der Waals surface area contributed by atoms with E-state index in [1.807, 2.05) is 50.4 Å². The molecule has 1 atom stereocenters. The van der Waals surface area contributed by atoms with Gasteiger partial charge in [-0.25, -0.2) is 0 Å². The van der Waals surface area contributed by atoms with Gasteiger partial charge in [0.1, 0.15) is 11.4 Å². The second-order valence-electron chi connectivity index (χ2n) is 7.62. The monoisotopic (exact) mass is 395 g/mol. The Balaban J connectivity index is 1.51. The summed E-state index contributed by atoms with van der Waals surface area (Å²) >= 11 is 0. The zero-order valence-electron chi connectivity index (χ0n) is 16.9. The van der Waals surface area contributed by atoms with E-state index in [1.165, 1.54) is 0 Å². The van der Waals surface area contributed by atoms with E-state index in [0.717, 1.165) is 56.8 Å². The lowest BCUT2D eigenvalue weighted by atomic mass is 9.95. The van der Waals surface area contributed by atoms with Gasteiger partial charge in [-0.05, 0) is 50.2 Å². The SMILES string of the molecule is Cc1cc(-c2n[nH]c3ccc(N[C@H]4CCOc5c4ccc(C#N)c5C)cc23)ccn1. The molecule has 0 bridgehead atoms. The van der Waals surface area contributed by atoms with E-state index < -0.39 is 0 Å². The molecule has 0 unspecified atom stereocenters. The predicted molar refractivity (Wildman–Crippen MR) is 116 cm³/mol. The summed E-state index contributed by atoms with van der Waals surface area (Å²) in [6.07, 6.45) is 2.67. The summed E-state index contributed by atoms with van der Waals surface area (Å²) in [5.41, 5.74) is 7.60. The van der Waals surface area contributed by atoms with Crippen LogP contribution in [-0.4, -0.2) is 21.8 Å². The van der Waals surface area contributed by atoms with Crippen molar-refractivity contribution in [2.75, 3.05) is 11.9 Å². The summed E-state index contributed by atoms with van der Waals surface area (Å²) in [7, 11) is 0. The normalized spacial score (nSPS) is 15.3. The Morgan fingerprint density at radius 2 is 2.07 bits per heavy atom. The molecule has 30 heavy (non-hydrogen) atoms. The van der Waals surface area contributed by atoms with E-state index in [0.29, 0.717) is 12.2 Å². The van der Waals surface area contributed by atoms with Crippen LogP contribution in [0.2, 0.25) is 0 Å². The molecule has 0 saturated heterocycles. The summed E-state index contributed by atoms with van der Waals surface area (Å²) in [6, 6.07) is 16.5. The van der Waals surface area contributed by atoms with Crippen LogP contribution in [0.3, 0.4) is 0 Å². The van der Waals surface area contributed by atoms with Crippen molar-refractivity contribution in [1.29, 1.82) is 5.26 Å². The van der Waals surface area contributed by atoms with Gasteiger partial charge in [-0.3, -0.25) is 10.1 Å². The van der Waals surface area contributed by atoms with Crippen LogP contribution in [0.15, 0.2) is 48.7 Å². The van der Waals surface area contributed by atoms with Crippen LogP contribution in [0, 0.1) is 25.2 Å².